The minimum Gasteiger partial charge on any atom is -0.457 e. The van der Waals surface area contributed by atoms with Gasteiger partial charge in [-0.3, -0.25) is 9.32 Å². The molecule has 5 rings (SSSR count). The lowest BCUT2D eigenvalue weighted by Gasteiger charge is -2.08. The molecule has 0 fully saturated rings. The monoisotopic (exact) mass is 500 g/mol. The fraction of sp³-hybridized carbons (Fsp3) is 0.0417. The van der Waals surface area contributed by atoms with Crippen LogP contribution in [0.5, 0.6) is 11.5 Å². The summed E-state index contributed by atoms with van der Waals surface area (Å²) in [6, 6.07) is 18.1. The van der Waals surface area contributed by atoms with Crippen LogP contribution in [0.15, 0.2) is 63.9 Å². The molecule has 0 aliphatic heterocycles. The number of H-pyrrole nitrogens is 1. The molecule has 178 valence electrons. The predicted octanol–water partition coefficient (Wildman–Crippen LogP) is 3.15. The van der Waals surface area contributed by atoms with E-state index in [-0.39, 0.29) is 38.6 Å². The number of nitriles is 1. The molecular formula is C24H18N7O4S+. The van der Waals surface area contributed by atoms with Gasteiger partial charge in [0.25, 0.3) is 5.91 Å². The van der Waals surface area contributed by atoms with Gasteiger partial charge in [0.1, 0.15) is 38.7 Å². The van der Waals surface area contributed by atoms with Crippen LogP contribution in [0.3, 0.4) is 0 Å². The third kappa shape index (κ3) is 3.89. The molecule has 1 amide bonds. The number of carbonyl (C=O) groups is 1. The number of nitrogens with zero attached hydrogens (tertiary/aromatic N) is 3. The van der Waals surface area contributed by atoms with Crippen molar-refractivity contribution in [3.8, 4) is 28.8 Å². The van der Waals surface area contributed by atoms with E-state index in [0.29, 0.717) is 22.0 Å². The van der Waals surface area contributed by atoms with E-state index in [2.05, 4.69) is 15.6 Å². The zero-order valence-electron chi connectivity index (χ0n) is 18.7. The van der Waals surface area contributed by atoms with Crippen LogP contribution in [0.4, 0.5) is 17.2 Å². The molecule has 5 aromatic rings. The molecule has 0 aliphatic rings. The summed E-state index contributed by atoms with van der Waals surface area (Å²) in [4.78, 5) is 30.2. The number of nitrogens with one attached hydrogen (secondary N) is 2. The normalized spacial score (nSPS) is 10.8. The molecule has 2 aromatic carbocycles. The molecule has 0 bridgehead atoms. The van der Waals surface area contributed by atoms with Crippen LogP contribution in [-0.4, -0.2) is 16.2 Å². The van der Waals surface area contributed by atoms with Gasteiger partial charge in [0.15, 0.2) is 7.05 Å². The number of nitrogens with two attached hydrogens (primary N) is 2. The number of anilines is 3. The Labute approximate surface area is 207 Å². The second-order valence-corrected chi connectivity index (χ2v) is 8.66. The van der Waals surface area contributed by atoms with E-state index in [0.717, 1.165) is 11.3 Å². The lowest BCUT2D eigenvalue weighted by Crippen LogP contribution is -2.34. The van der Waals surface area contributed by atoms with E-state index < -0.39 is 11.5 Å². The van der Waals surface area contributed by atoms with Gasteiger partial charge in [-0.25, -0.2) is 9.78 Å². The number of amides is 1. The van der Waals surface area contributed by atoms with Crippen LogP contribution in [0.2, 0.25) is 0 Å². The second kappa shape index (κ2) is 8.90. The molecule has 11 nitrogen and oxygen atoms in total. The van der Waals surface area contributed by atoms with Crippen molar-refractivity contribution < 1.29 is 18.7 Å². The van der Waals surface area contributed by atoms with Crippen LogP contribution >= 0.6 is 11.3 Å². The number of para-hydroxylation sites is 1. The summed E-state index contributed by atoms with van der Waals surface area (Å²) in [7, 11) is 1.53. The van der Waals surface area contributed by atoms with Gasteiger partial charge in [0.05, 0.1) is 16.6 Å². The highest BCUT2D eigenvalue weighted by atomic mass is 32.1. The number of thiophene rings is 1. The van der Waals surface area contributed by atoms with Gasteiger partial charge in [0.2, 0.25) is 0 Å². The molecule has 6 N–H and O–H groups in total. The third-order valence-corrected chi connectivity index (χ3v) is 6.45. The number of aryl methyl sites for hydroxylation is 1. The van der Waals surface area contributed by atoms with E-state index in [1.165, 1.54) is 11.7 Å². The summed E-state index contributed by atoms with van der Waals surface area (Å²) in [6.07, 6.45) is 0. The van der Waals surface area contributed by atoms with Crippen molar-refractivity contribution in [3.05, 3.63) is 75.5 Å². The lowest BCUT2D eigenvalue weighted by molar-refractivity contribution is -0.730. The number of hydrogen-bond acceptors (Lipinski definition) is 9. The standard InChI is InChI=1S/C24H17N7O4S/c1-31-19(24(33)35-30-31)16-15(11-25)21(27)29-23-17(16)18(26)20(36-23)22(32)28-12-7-9-14(10-8-12)34-13-5-3-2-4-6-13/h2-10H,1H3,(H5-,26,27,28,29,30,32,33)/p+1. The number of ether oxygens (including phenoxy) is 1. The molecule has 0 radical (unpaired) electrons. The van der Waals surface area contributed by atoms with Crippen molar-refractivity contribution in [3.63, 3.8) is 0 Å². The molecule has 0 unspecified atom stereocenters. The van der Waals surface area contributed by atoms with E-state index in [4.69, 9.17) is 20.7 Å². The number of carbonyl (C=O) groups excluding carboxylic acids is 1. The summed E-state index contributed by atoms with van der Waals surface area (Å²) in [5.41, 5.74) is 12.3. The molecule has 0 saturated heterocycles. The van der Waals surface area contributed by atoms with Crippen molar-refractivity contribution in [2.75, 3.05) is 16.8 Å². The number of aromatic amines is 1. The number of benzene rings is 2. The maximum atomic E-state index is 13.1. The van der Waals surface area contributed by atoms with Gasteiger partial charge in [-0.15, -0.1) is 11.3 Å². The Balaban J connectivity index is 1.50. The first kappa shape index (κ1) is 22.6. The number of rotatable bonds is 5. The SMILES string of the molecule is C[n+]1[nH]oc(=O)c1-c1c(C#N)c(N)nc2sc(C(=O)Nc3ccc(Oc4ccccc4)cc3)c(N)c12. The molecule has 3 aromatic heterocycles. The van der Waals surface area contributed by atoms with Crippen LogP contribution in [0, 0.1) is 11.3 Å². The average molecular weight is 501 g/mol. The van der Waals surface area contributed by atoms with Crippen LogP contribution < -0.4 is 31.8 Å². The first-order chi connectivity index (χ1) is 17.4. The predicted molar refractivity (Wildman–Crippen MR) is 134 cm³/mol. The highest BCUT2D eigenvalue weighted by Gasteiger charge is 2.32. The maximum Gasteiger partial charge on any atom is 0.435 e. The molecule has 36 heavy (non-hydrogen) atoms. The number of hydrogen-bond donors (Lipinski definition) is 4. The highest BCUT2D eigenvalue weighted by Crippen LogP contribution is 2.41. The molecule has 0 spiro atoms. The summed E-state index contributed by atoms with van der Waals surface area (Å²) in [6.45, 7) is 0. The van der Waals surface area contributed by atoms with Gasteiger partial charge in [-0.05, 0) is 41.7 Å². The van der Waals surface area contributed by atoms with Crippen molar-refractivity contribution in [2.45, 2.75) is 0 Å². The van der Waals surface area contributed by atoms with E-state index >= 15 is 0 Å². The topological polar surface area (TPSA) is 177 Å². The quantitative estimate of drug-likeness (QED) is 0.266. The summed E-state index contributed by atoms with van der Waals surface area (Å²) in [5.74, 6) is 0.715. The zero-order valence-corrected chi connectivity index (χ0v) is 19.6. The van der Waals surface area contributed by atoms with Gasteiger partial charge in [-0.1, -0.05) is 22.9 Å². The number of pyridine rings is 1. The van der Waals surface area contributed by atoms with Crippen molar-refractivity contribution in [2.24, 2.45) is 7.05 Å². The summed E-state index contributed by atoms with van der Waals surface area (Å²) in [5, 5.41) is 15.2. The van der Waals surface area contributed by atoms with Crippen LogP contribution in [0.25, 0.3) is 21.5 Å². The molecule has 3 heterocycles. The highest BCUT2D eigenvalue weighted by molar-refractivity contribution is 7.21. The average Bonchev–Trinajstić information content (AvgIpc) is 3.38. The fourth-order valence-electron chi connectivity index (χ4n) is 3.72. The lowest BCUT2D eigenvalue weighted by atomic mass is 10.0. The van der Waals surface area contributed by atoms with Gasteiger partial charge >= 0.3 is 11.3 Å². The van der Waals surface area contributed by atoms with Gasteiger partial charge < -0.3 is 21.5 Å². The van der Waals surface area contributed by atoms with E-state index in [1.54, 1.807) is 24.3 Å². The Morgan fingerprint density at radius 3 is 2.50 bits per heavy atom. The second-order valence-electron chi connectivity index (χ2n) is 7.67. The van der Waals surface area contributed by atoms with Crippen LogP contribution in [-0.2, 0) is 7.05 Å². The molecule has 0 aliphatic carbocycles. The molecule has 0 saturated carbocycles. The zero-order chi connectivity index (χ0) is 25.4. The minimum atomic E-state index is -0.727. The number of fused-ring (bicyclic) bond motifs is 1. The Hall–Kier alpha value is -5.15. The Morgan fingerprint density at radius 2 is 1.86 bits per heavy atom. The van der Waals surface area contributed by atoms with Crippen molar-refractivity contribution in [1.29, 1.82) is 5.26 Å². The Bertz CT molecular complexity index is 1710. The van der Waals surface area contributed by atoms with E-state index in [9.17, 15) is 14.9 Å². The largest absolute Gasteiger partial charge is 0.457 e. The smallest absolute Gasteiger partial charge is 0.435 e. The van der Waals surface area contributed by atoms with E-state index in [1.807, 2.05) is 36.4 Å². The summed E-state index contributed by atoms with van der Waals surface area (Å²) < 4.78 is 11.9. The van der Waals surface area contributed by atoms with Crippen LogP contribution in [0.1, 0.15) is 15.2 Å². The summed E-state index contributed by atoms with van der Waals surface area (Å²) >= 11 is 0.998. The minimum absolute atomic E-state index is 0.0242. The van der Waals surface area contributed by atoms with Crippen molar-refractivity contribution in [1.82, 2.24) is 10.3 Å². The van der Waals surface area contributed by atoms with Crippen molar-refractivity contribution >= 4 is 44.7 Å². The number of aromatic nitrogens is 3. The number of nitrogen functional groups attached to an aromatic ring is 2. The molecule has 12 heteroatoms. The first-order valence-corrected chi connectivity index (χ1v) is 11.3. The van der Waals surface area contributed by atoms with Gasteiger partial charge in [-0.2, -0.15) is 5.26 Å². The Morgan fingerprint density at radius 1 is 1.17 bits per heavy atom. The fourth-order valence-corrected chi connectivity index (χ4v) is 4.73. The molecule has 0 atom stereocenters. The maximum absolute atomic E-state index is 13.1. The van der Waals surface area contributed by atoms with Gasteiger partial charge in [0, 0.05) is 5.69 Å². The Kier molecular flexibility index (Phi) is 5.59. The molecular weight excluding hydrogens is 482 g/mol. The first-order valence-electron chi connectivity index (χ1n) is 10.5. The third-order valence-electron chi connectivity index (χ3n) is 5.35.